The van der Waals surface area contributed by atoms with Crippen molar-refractivity contribution in [1.82, 2.24) is 0 Å². The summed E-state index contributed by atoms with van der Waals surface area (Å²) in [6.45, 7) is 4.45. The number of unbranched alkanes of at least 4 members (excludes halogenated alkanes) is 2. The third-order valence-corrected chi connectivity index (χ3v) is 4.40. The van der Waals surface area contributed by atoms with Gasteiger partial charge >= 0.3 is 0 Å². The molecule has 0 radical (unpaired) electrons. The van der Waals surface area contributed by atoms with Gasteiger partial charge in [0.15, 0.2) is 0 Å². The molecular weight excluding hydrogens is 196 g/mol. The minimum atomic E-state index is -0.0327. The number of rotatable bonds is 7. The minimum Gasteiger partial charge on any atom is -0.393 e. The monoisotopic (exact) mass is 226 g/mol. The summed E-state index contributed by atoms with van der Waals surface area (Å²) in [5.74, 6) is 0. The third kappa shape index (κ3) is 3.76. The van der Waals surface area contributed by atoms with E-state index in [1.165, 1.54) is 57.8 Å². The molecular formula is C15H30O. The third-order valence-electron chi connectivity index (χ3n) is 4.40. The summed E-state index contributed by atoms with van der Waals surface area (Å²) in [7, 11) is 0. The van der Waals surface area contributed by atoms with Crippen molar-refractivity contribution in [1.29, 1.82) is 0 Å². The molecule has 0 amide bonds. The second-order valence-corrected chi connectivity index (χ2v) is 5.68. The average Bonchev–Trinajstić information content (AvgIpc) is 2.31. The first-order valence-corrected chi connectivity index (χ1v) is 7.43. The summed E-state index contributed by atoms with van der Waals surface area (Å²) >= 11 is 0. The largest absolute Gasteiger partial charge is 0.393 e. The lowest BCUT2D eigenvalue weighted by Gasteiger charge is -2.41. The average molecular weight is 226 g/mol. The van der Waals surface area contributed by atoms with Crippen LogP contribution in [0.3, 0.4) is 0 Å². The molecule has 0 aromatic carbocycles. The fourth-order valence-electron chi connectivity index (χ4n) is 3.31. The van der Waals surface area contributed by atoms with Crippen LogP contribution in [0.4, 0.5) is 0 Å². The quantitative estimate of drug-likeness (QED) is 0.625. The van der Waals surface area contributed by atoms with Crippen molar-refractivity contribution in [3.63, 3.8) is 0 Å². The normalized spacial score (nSPS) is 21.9. The van der Waals surface area contributed by atoms with E-state index in [0.717, 1.165) is 12.8 Å². The molecule has 1 unspecified atom stereocenters. The summed E-state index contributed by atoms with van der Waals surface area (Å²) in [5, 5.41) is 10.4. The molecule has 0 aromatic rings. The molecule has 0 spiro atoms. The highest BCUT2D eigenvalue weighted by molar-refractivity contribution is 4.88. The van der Waals surface area contributed by atoms with Crippen LogP contribution in [-0.2, 0) is 0 Å². The Bertz CT molecular complexity index is 170. The molecule has 96 valence electrons. The molecule has 1 atom stereocenters. The van der Waals surface area contributed by atoms with Gasteiger partial charge in [0.2, 0.25) is 0 Å². The first kappa shape index (κ1) is 14.0. The van der Waals surface area contributed by atoms with E-state index in [2.05, 4.69) is 13.8 Å². The van der Waals surface area contributed by atoms with Crippen LogP contribution in [-0.4, -0.2) is 11.2 Å². The maximum atomic E-state index is 10.4. The minimum absolute atomic E-state index is 0.0327. The zero-order chi connectivity index (χ0) is 11.9. The summed E-state index contributed by atoms with van der Waals surface area (Å²) in [5.41, 5.74) is 0.295. The van der Waals surface area contributed by atoms with Crippen LogP contribution in [0.1, 0.15) is 84.5 Å². The topological polar surface area (TPSA) is 20.2 Å². The Hall–Kier alpha value is -0.0400. The molecule has 0 aliphatic heterocycles. The molecule has 1 saturated carbocycles. The number of aliphatic hydroxyl groups is 1. The summed E-state index contributed by atoms with van der Waals surface area (Å²) in [4.78, 5) is 0. The highest BCUT2D eigenvalue weighted by Gasteiger charge is 2.37. The van der Waals surface area contributed by atoms with Gasteiger partial charge in [-0.15, -0.1) is 0 Å². The molecule has 0 aromatic heterocycles. The van der Waals surface area contributed by atoms with E-state index in [9.17, 15) is 5.11 Å². The second-order valence-electron chi connectivity index (χ2n) is 5.68. The molecule has 0 heterocycles. The predicted molar refractivity (Wildman–Crippen MR) is 70.6 cm³/mol. The van der Waals surface area contributed by atoms with Gasteiger partial charge in [-0.05, 0) is 31.1 Å². The van der Waals surface area contributed by atoms with Gasteiger partial charge in [-0.3, -0.25) is 0 Å². The van der Waals surface area contributed by atoms with Gasteiger partial charge in [-0.25, -0.2) is 0 Å². The van der Waals surface area contributed by atoms with Crippen LogP contribution in [0.15, 0.2) is 0 Å². The van der Waals surface area contributed by atoms with Crippen LogP contribution in [0, 0.1) is 5.41 Å². The number of aliphatic hydroxyl groups excluding tert-OH is 1. The lowest BCUT2D eigenvalue weighted by atomic mass is 9.66. The Morgan fingerprint density at radius 2 is 1.69 bits per heavy atom. The van der Waals surface area contributed by atoms with E-state index in [1.807, 2.05) is 0 Å². The van der Waals surface area contributed by atoms with Crippen molar-refractivity contribution >= 4 is 0 Å². The standard InChI is InChI=1S/C15H30O/c1-3-5-7-11-15(14(16)10-4-2)12-8-6-9-13-15/h14,16H,3-13H2,1-2H3. The first-order valence-electron chi connectivity index (χ1n) is 7.43. The van der Waals surface area contributed by atoms with Gasteiger partial charge in [0, 0.05) is 0 Å². The fraction of sp³-hybridized carbons (Fsp3) is 1.00. The highest BCUT2D eigenvalue weighted by atomic mass is 16.3. The van der Waals surface area contributed by atoms with Gasteiger partial charge in [0.05, 0.1) is 6.10 Å². The highest BCUT2D eigenvalue weighted by Crippen LogP contribution is 2.44. The maximum Gasteiger partial charge on any atom is 0.0596 e. The zero-order valence-corrected chi connectivity index (χ0v) is 11.3. The molecule has 0 bridgehead atoms. The maximum absolute atomic E-state index is 10.4. The number of hydrogen-bond donors (Lipinski definition) is 1. The molecule has 1 nitrogen and oxygen atoms in total. The van der Waals surface area contributed by atoms with Crippen LogP contribution in [0.25, 0.3) is 0 Å². The summed E-state index contributed by atoms with van der Waals surface area (Å²) in [6.07, 6.45) is 13.9. The van der Waals surface area contributed by atoms with Gasteiger partial charge in [-0.2, -0.15) is 0 Å². The molecule has 1 heteroatoms. The Kier molecular flexibility index (Phi) is 6.41. The molecule has 1 N–H and O–H groups in total. The van der Waals surface area contributed by atoms with Gasteiger partial charge in [0.25, 0.3) is 0 Å². The van der Waals surface area contributed by atoms with Crippen molar-refractivity contribution in [3.8, 4) is 0 Å². The predicted octanol–water partition coefficient (Wildman–Crippen LogP) is 4.68. The Labute approximate surface area is 102 Å². The van der Waals surface area contributed by atoms with Crippen LogP contribution in [0.2, 0.25) is 0 Å². The van der Waals surface area contributed by atoms with Gasteiger partial charge in [-0.1, -0.05) is 58.8 Å². The van der Waals surface area contributed by atoms with Crippen LogP contribution in [0.5, 0.6) is 0 Å². The summed E-state index contributed by atoms with van der Waals surface area (Å²) in [6, 6.07) is 0. The van der Waals surface area contributed by atoms with Crippen LogP contribution >= 0.6 is 0 Å². The Morgan fingerprint density at radius 1 is 1.00 bits per heavy atom. The van der Waals surface area contributed by atoms with Crippen molar-refractivity contribution in [3.05, 3.63) is 0 Å². The molecule has 1 fully saturated rings. The second kappa shape index (κ2) is 7.32. The first-order chi connectivity index (χ1) is 7.75. The van der Waals surface area contributed by atoms with Crippen molar-refractivity contribution in [2.45, 2.75) is 90.6 Å². The smallest absolute Gasteiger partial charge is 0.0596 e. The van der Waals surface area contributed by atoms with E-state index in [0.29, 0.717) is 5.41 Å². The van der Waals surface area contributed by atoms with Crippen molar-refractivity contribution in [2.24, 2.45) is 5.41 Å². The van der Waals surface area contributed by atoms with E-state index < -0.39 is 0 Å². The molecule has 0 saturated heterocycles. The summed E-state index contributed by atoms with van der Waals surface area (Å²) < 4.78 is 0. The van der Waals surface area contributed by atoms with E-state index in [1.54, 1.807) is 0 Å². The number of hydrogen-bond acceptors (Lipinski definition) is 1. The molecule has 1 rings (SSSR count). The molecule has 1 aliphatic rings. The SMILES string of the molecule is CCCCCC1(C(O)CCC)CCCCC1. The van der Waals surface area contributed by atoms with E-state index in [4.69, 9.17) is 0 Å². The van der Waals surface area contributed by atoms with Gasteiger partial charge < -0.3 is 5.11 Å². The van der Waals surface area contributed by atoms with E-state index >= 15 is 0 Å². The van der Waals surface area contributed by atoms with Crippen LogP contribution < -0.4 is 0 Å². The van der Waals surface area contributed by atoms with Gasteiger partial charge in [0.1, 0.15) is 0 Å². The van der Waals surface area contributed by atoms with Crippen molar-refractivity contribution < 1.29 is 5.11 Å². The molecule has 16 heavy (non-hydrogen) atoms. The zero-order valence-electron chi connectivity index (χ0n) is 11.3. The molecule has 1 aliphatic carbocycles. The Morgan fingerprint density at radius 3 is 2.25 bits per heavy atom. The Balaban J connectivity index is 2.52. The van der Waals surface area contributed by atoms with E-state index in [-0.39, 0.29) is 6.10 Å². The fourth-order valence-corrected chi connectivity index (χ4v) is 3.31. The van der Waals surface area contributed by atoms with Crippen molar-refractivity contribution in [2.75, 3.05) is 0 Å². The lowest BCUT2D eigenvalue weighted by molar-refractivity contribution is -0.0176. The lowest BCUT2D eigenvalue weighted by Crippen LogP contribution is -2.37.